The van der Waals surface area contributed by atoms with E-state index in [0.29, 0.717) is 31.1 Å². The van der Waals surface area contributed by atoms with Crippen LogP contribution in [-0.2, 0) is 0 Å². The molecule has 4 aliphatic carbocycles. The zero-order valence-electron chi connectivity index (χ0n) is 20.3. The van der Waals surface area contributed by atoms with Crippen molar-refractivity contribution in [3.63, 3.8) is 0 Å². The highest BCUT2D eigenvalue weighted by Crippen LogP contribution is 2.69. The minimum atomic E-state index is -1.48. The van der Waals surface area contributed by atoms with Crippen molar-refractivity contribution >= 4 is 0 Å². The fourth-order valence-corrected chi connectivity index (χ4v) is 9.34. The molecule has 0 saturated heterocycles. The van der Waals surface area contributed by atoms with Gasteiger partial charge in [-0.2, -0.15) is 0 Å². The van der Waals surface area contributed by atoms with Crippen LogP contribution in [0.1, 0.15) is 98.3 Å². The first-order valence-corrected chi connectivity index (χ1v) is 13.2. The number of alkyl halides is 1. The van der Waals surface area contributed by atoms with Crippen LogP contribution in [0.25, 0.3) is 0 Å². The lowest BCUT2D eigenvalue weighted by Gasteiger charge is -2.65. The van der Waals surface area contributed by atoms with Gasteiger partial charge in [0.2, 0.25) is 0 Å². The summed E-state index contributed by atoms with van der Waals surface area (Å²) in [5.41, 5.74) is -2.08. The van der Waals surface area contributed by atoms with Crippen LogP contribution < -0.4 is 0 Å². The van der Waals surface area contributed by atoms with Gasteiger partial charge in [-0.05, 0) is 85.9 Å². The summed E-state index contributed by atoms with van der Waals surface area (Å²) in [5, 5.41) is 32.9. The van der Waals surface area contributed by atoms with Crippen molar-refractivity contribution in [3.8, 4) is 0 Å². The highest BCUT2D eigenvalue weighted by atomic mass is 19.1. The molecule has 4 aliphatic rings. The number of halogens is 1. The van der Waals surface area contributed by atoms with E-state index in [9.17, 15) is 19.7 Å². The summed E-state index contributed by atoms with van der Waals surface area (Å²) in [6, 6.07) is 0. The molecule has 0 aliphatic heterocycles. The van der Waals surface area contributed by atoms with Crippen LogP contribution in [-0.4, -0.2) is 39.8 Å². The van der Waals surface area contributed by atoms with Gasteiger partial charge in [-0.3, -0.25) is 4.39 Å². The standard InChI is InChI=1S/C27H47FO3/c1-17(2)6-5-7-18(3)21-8-9-22-20-14-24(30)27(31)15-19(29)10-13-26(27,16-28)23(20)11-12-25(21,22)4/h17-24,29-31H,5-16H2,1-4H3/t18?,19-,20?,21+,22?,23?,24+,25+,26-,27-/m0/s1. The molecular formula is C27H47FO3. The van der Waals surface area contributed by atoms with Gasteiger partial charge in [0.15, 0.2) is 0 Å². The molecule has 4 saturated carbocycles. The van der Waals surface area contributed by atoms with E-state index < -0.39 is 29.9 Å². The van der Waals surface area contributed by atoms with E-state index in [0.717, 1.165) is 30.6 Å². The van der Waals surface area contributed by atoms with Gasteiger partial charge >= 0.3 is 0 Å². The minimum Gasteiger partial charge on any atom is -0.393 e. The van der Waals surface area contributed by atoms with Crippen molar-refractivity contribution in [1.29, 1.82) is 0 Å². The topological polar surface area (TPSA) is 60.7 Å². The number of rotatable bonds is 6. The smallest absolute Gasteiger partial charge is 0.101 e. The second-order valence-corrected chi connectivity index (χ2v) is 12.8. The summed E-state index contributed by atoms with van der Waals surface area (Å²) < 4.78 is 14.8. The third-order valence-corrected chi connectivity index (χ3v) is 11.0. The Labute approximate surface area is 189 Å². The van der Waals surface area contributed by atoms with E-state index in [2.05, 4.69) is 27.7 Å². The van der Waals surface area contributed by atoms with Gasteiger partial charge in [0.05, 0.1) is 18.9 Å². The molecule has 31 heavy (non-hydrogen) atoms. The molecule has 0 aromatic carbocycles. The average molecular weight is 439 g/mol. The molecule has 4 unspecified atom stereocenters. The van der Waals surface area contributed by atoms with Crippen molar-refractivity contribution in [2.24, 2.45) is 46.3 Å². The maximum Gasteiger partial charge on any atom is 0.101 e. The van der Waals surface area contributed by atoms with E-state index in [4.69, 9.17) is 0 Å². The third kappa shape index (κ3) is 3.62. The van der Waals surface area contributed by atoms with Crippen LogP contribution in [0.3, 0.4) is 0 Å². The Kier molecular flexibility index (Phi) is 6.60. The van der Waals surface area contributed by atoms with Crippen molar-refractivity contribution in [3.05, 3.63) is 0 Å². The predicted molar refractivity (Wildman–Crippen MR) is 122 cm³/mol. The van der Waals surface area contributed by atoms with Gasteiger partial charge in [0.1, 0.15) is 5.60 Å². The molecule has 3 N–H and O–H groups in total. The Morgan fingerprint density at radius 1 is 0.968 bits per heavy atom. The number of hydrogen-bond donors (Lipinski definition) is 3. The SMILES string of the molecule is CC(C)CCCC(C)[C@H]1CCC2C3C[C@@H](O)[C@@]4(O)C[C@@H](O)CC[C@]4(CF)C3CC[C@@]21C. The largest absolute Gasteiger partial charge is 0.393 e. The molecule has 4 heteroatoms. The number of aliphatic hydroxyl groups excluding tert-OH is 2. The maximum atomic E-state index is 14.8. The van der Waals surface area contributed by atoms with Crippen molar-refractivity contribution in [2.45, 2.75) is 116 Å². The van der Waals surface area contributed by atoms with Crippen molar-refractivity contribution < 1.29 is 19.7 Å². The highest BCUT2D eigenvalue weighted by molar-refractivity contribution is 5.18. The summed E-state index contributed by atoms with van der Waals surface area (Å²) >= 11 is 0. The second kappa shape index (κ2) is 8.55. The number of aliphatic hydroxyl groups is 3. The Bertz CT molecular complexity index is 640. The normalized spacial score (nSPS) is 50.6. The van der Waals surface area contributed by atoms with E-state index in [1.807, 2.05) is 0 Å². The average Bonchev–Trinajstić information content (AvgIpc) is 3.06. The van der Waals surface area contributed by atoms with Crippen LogP contribution in [0.2, 0.25) is 0 Å². The van der Waals surface area contributed by atoms with Gasteiger partial charge in [0, 0.05) is 11.8 Å². The monoisotopic (exact) mass is 438 g/mol. The van der Waals surface area contributed by atoms with Crippen LogP contribution in [0.4, 0.5) is 4.39 Å². The van der Waals surface area contributed by atoms with Gasteiger partial charge in [-0.15, -0.1) is 0 Å². The molecule has 4 rings (SSSR count). The molecule has 0 radical (unpaired) electrons. The first-order valence-electron chi connectivity index (χ1n) is 13.2. The third-order valence-electron chi connectivity index (χ3n) is 11.0. The summed E-state index contributed by atoms with van der Waals surface area (Å²) in [6.45, 7) is 8.97. The number of fused-ring (bicyclic) bond motifs is 5. The predicted octanol–water partition coefficient (Wildman–Crippen LogP) is 5.50. The van der Waals surface area contributed by atoms with Crippen LogP contribution in [0.5, 0.6) is 0 Å². The first-order chi connectivity index (χ1) is 14.6. The molecule has 0 amide bonds. The fraction of sp³-hybridized carbons (Fsp3) is 1.00. The molecule has 0 spiro atoms. The van der Waals surface area contributed by atoms with Gasteiger partial charge in [-0.1, -0.05) is 47.0 Å². The quantitative estimate of drug-likeness (QED) is 0.513. The fourth-order valence-electron chi connectivity index (χ4n) is 9.34. The molecule has 0 heterocycles. The van der Waals surface area contributed by atoms with Gasteiger partial charge < -0.3 is 15.3 Å². The summed E-state index contributed by atoms with van der Waals surface area (Å²) in [7, 11) is 0. The first kappa shape index (κ1) is 24.0. The molecule has 180 valence electrons. The highest BCUT2D eigenvalue weighted by Gasteiger charge is 2.69. The van der Waals surface area contributed by atoms with Crippen molar-refractivity contribution in [2.75, 3.05) is 6.67 Å². The zero-order chi connectivity index (χ0) is 22.6. The molecule has 3 nitrogen and oxygen atoms in total. The van der Waals surface area contributed by atoms with Crippen LogP contribution >= 0.6 is 0 Å². The lowest BCUT2D eigenvalue weighted by molar-refractivity contribution is -0.275. The molecule has 10 atom stereocenters. The van der Waals surface area contributed by atoms with Crippen molar-refractivity contribution in [1.82, 2.24) is 0 Å². The second-order valence-electron chi connectivity index (χ2n) is 12.8. The van der Waals surface area contributed by atoms with E-state index in [-0.39, 0.29) is 17.8 Å². The molecular weight excluding hydrogens is 391 g/mol. The number of hydrogen-bond acceptors (Lipinski definition) is 3. The Balaban J connectivity index is 1.56. The van der Waals surface area contributed by atoms with E-state index in [1.165, 1.54) is 32.1 Å². The Hall–Kier alpha value is -0.190. The summed E-state index contributed by atoms with van der Waals surface area (Å²) in [6.07, 6.45) is 8.61. The maximum absolute atomic E-state index is 14.8. The van der Waals surface area contributed by atoms with Crippen LogP contribution in [0, 0.1) is 46.3 Å². The van der Waals surface area contributed by atoms with Crippen LogP contribution in [0.15, 0.2) is 0 Å². The molecule has 0 aromatic rings. The van der Waals surface area contributed by atoms with E-state index >= 15 is 0 Å². The van der Waals surface area contributed by atoms with Gasteiger partial charge in [0.25, 0.3) is 0 Å². The lowest BCUT2D eigenvalue weighted by Crippen LogP contribution is -2.70. The zero-order valence-corrected chi connectivity index (χ0v) is 20.3. The Morgan fingerprint density at radius 3 is 2.39 bits per heavy atom. The molecule has 0 bridgehead atoms. The lowest BCUT2D eigenvalue weighted by atomic mass is 9.42. The Morgan fingerprint density at radius 2 is 1.71 bits per heavy atom. The summed E-state index contributed by atoms with van der Waals surface area (Å²) in [5.74, 6) is 3.16. The molecule has 0 aromatic heterocycles. The van der Waals surface area contributed by atoms with Gasteiger partial charge in [-0.25, -0.2) is 0 Å². The van der Waals surface area contributed by atoms with E-state index in [1.54, 1.807) is 0 Å². The summed E-state index contributed by atoms with van der Waals surface area (Å²) in [4.78, 5) is 0. The molecule has 4 fully saturated rings. The minimum absolute atomic E-state index is 0.124.